The third kappa shape index (κ3) is 5.65. The van der Waals surface area contributed by atoms with Gasteiger partial charge in [-0.3, -0.25) is 4.79 Å². The molecule has 1 fully saturated rings. The average molecular weight is 422 g/mol. The molecule has 1 aromatic carbocycles. The first-order valence-electron chi connectivity index (χ1n) is 9.18. The van der Waals surface area contributed by atoms with Gasteiger partial charge in [0, 0.05) is 24.8 Å². The highest BCUT2D eigenvalue weighted by Gasteiger charge is 2.17. The first-order chi connectivity index (χ1) is 13.9. The highest BCUT2D eigenvalue weighted by Crippen LogP contribution is 2.24. The van der Waals surface area contributed by atoms with Crippen molar-refractivity contribution in [3.05, 3.63) is 52.6 Å². The summed E-state index contributed by atoms with van der Waals surface area (Å²) in [6, 6.07) is 5.70. The number of nitrogens with one attached hydrogen (secondary N) is 1. The zero-order chi connectivity index (χ0) is 20.8. The van der Waals surface area contributed by atoms with Crippen LogP contribution >= 0.6 is 11.6 Å². The number of hydrogen-bond donors (Lipinski definition) is 1. The Morgan fingerprint density at radius 1 is 1.41 bits per heavy atom. The lowest BCUT2D eigenvalue weighted by Gasteiger charge is -2.10. The minimum absolute atomic E-state index is 0.0253. The Balaban J connectivity index is 1.54. The fourth-order valence-corrected chi connectivity index (χ4v) is 3.21. The Bertz CT molecular complexity index is 905. The second kappa shape index (κ2) is 9.67. The van der Waals surface area contributed by atoms with Crippen molar-refractivity contribution in [1.82, 2.24) is 15.1 Å². The van der Waals surface area contributed by atoms with Crippen molar-refractivity contribution >= 4 is 29.6 Å². The zero-order valence-corrected chi connectivity index (χ0v) is 16.6. The maximum Gasteiger partial charge on any atom is 0.331 e. The lowest BCUT2D eigenvalue weighted by Crippen LogP contribution is -2.34. The maximum atomic E-state index is 13.1. The number of rotatable bonds is 7. The van der Waals surface area contributed by atoms with Crippen molar-refractivity contribution < 1.29 is 23.5 Å². The minimum atomic E-state index is -0.678. The van der Waals surface area contributed by atoms with E-state index >= 15 is 0 Å². The first-order valence-corrected chi connectivity index (χ1v) is 9.56. The van der Waals surface area contributed by atoms with Gasteiger partial charge in [-0.15, -0.1) is 0 Å². The van der Waals surface area contributed by atoms with Crippen LogP contribution in [-0.4, -0.2) is 47.5 Å². The molecule has 0 saturated carbocycles. The number of halogens is 2. The van der Waals surface area contributed by atoms with Gasteiger partial charge < -0.3 is 14.8 Å². The standard InChI is InChI=1S/C20H21ClFN3O4/c1-13-17(20(21)25(24-13)15-6-4-14(22)5-7-15)8-9-19(27)29-12-18(26)23-11-16-3-2-10-28-16/h4-9,16H,2-3,10-12H2,1H3,(H,23,26)/b9-8+. The number of carbonyl (C=O) groups excluding carboxylic acids is 2. The zero-order valence-electron chi connectivity index (χ0n) is 15.9. The smallest absolute Gasteiger partial charge is 0.331 e. The molecule has 2 aromatic rings. The molecule has 0 spiro atoms. The number of aromatic nitrogens is 2. The molecular formula is C20H21ClFN3O4. The second-order valence-electron chi connectivity index (χ2n) is 6.56. The van der Waals surface area contributed by atoms with Gasteiger partial charge in [0.2, 0.25) is 0 Å². The Labute approximate surface area is 172 Å². The molecule has 0 radical (unpaired) electrons. The van der Waals surface area contributed by atoms with Gasteiger partial charge in [0.1, 0.15) is 11.0 Å². The van der Waals surface area contributed by atoms with Crippen molar-refractivity contribution in [2.24, 2.45) is 0 Å². The first kappa shape index (κ1) is 21.0. The van der Waals surface area contributed by atoms with E-state index in [1.165, 1.54) is 29.0 Å². The molecule has 0 aliphatic carbocycles. The van der Waals surface area contributed by atoms with E-state index in [4.69, 9.17) is 21.1 Å². The van der Waals surface area contributed by atoms with Crippen LogP contribution in [0.2, 0.25) is 5.15 Å². The van der Waals surface area contributed by atoms with Crippen molar-refractivity contribution in [1.29, 1.82) is 0 Å². The fraction of sp³-hybridized carbons (Fsp3) is 0.350. The molecule has 1 aromatic heterocycles. The summed E-state index contributed by atoms with van der Waals surface area (Å²) in [5, 5.41) is 7.25. The molecule has 0 bridgehead atoms. The van der Waals surface area contributed by atoms with Crippen LogP contribution in [0.15, 0.2) is 30.3 Å². The third-order valence-electron chi connectivity index (χ3n) is 4.40. The normalized spacial score (nSPS) is 16.3. The van der Waals surface area contributed by atoms with Gasteiger partial charge in [0.15, 0.2) is 6.61 Å². The summed E-state index contributed by atoms with van der Waals surface area (Å²) in [7, 11) is 0. The maximum absolute atomic E-state index is 13.1. The predicted molar refractivity (Wildman–Crippen MR) is 105 cm³/mol. The molecule has 1 saturated heterocycles. The molecule has 3 rings (SSSR count). The SMILES string of the molecule is Cc1nn(-c2ccc(F)cc2)c(Cl)c1/C=C/C(=O)OCC(=O)NCC1CCCO1. The predicted octanol–water partition coefficient (Wildman–Crippen LogP) is 2.82. The van der Waals surface area contributed by atoms with Crippen LogP contribution in [0.5, 0.6) is 0 Å². The number of carbonyl (C=O) groups is 2. The van der Waals surface area contributed by atoms with E-state index in [1.807, 2.05) is 0 Å². The summed E-state index contributed by atoms with van der Waals surface area (Å²) < 4.78 is 24.9. The number of nitrogens with zero attached hydrogens (tertiary/aromatic N) is 2. The number of ether oxygens (including phenoxy) is 2. The summed E-state index contributed by atoms with van der Waals surface area (Å²) in [5.41, 5.74) is 1.69. The molecule has 1 aliphatic rings. The van der Waals surface area contributed by atoms with Gasteiger partial charge in [0.25, 0.3) is 5.91 Å². The van der Waals surface area contributed by atoms with Gasteiger partial charge in [-0.2, -0.15) is 5.10 Å². The highest BCUT2D eigenvalue weighted by molar-refractivity contribution is 6.31. The molecule has 1 unspecified atom stereocenters. The molecular weight excluding hydrogens is 401 g/mol. The minimum Gasteiger partial charge on any atom is -0.452 e. The summed E-state index contributed by atoms with van der Waals surface area (Å²) in [4.78, 5) is 23.6. The second-order valence-corrected chi connectivity index (χ2v) is 6.92. The lowest BCUT2D eigenvalue weighted by atomic mass is 10.2. The van der Waals surface area contributed by atoms with E-state index in [9.17, 15) is 14.0 Å². The fourth-order valence-electron chi connectivity index (χ4n) is 2.87. The summed E-state index contributed by atoms with van der Waals surface area (Å²) >= 11 is 6.35. The summed E-state index contributed by atoms with van der Waals surface area (Å²) in [6.07, 6.45) is 4.57. The average Bonchev–Trinajstić information content (AvgIpc) is 3.32. The largest absolute Gasteiger partial charge is 0.452 e. The van der Waals surface area contributed by atoms with Gasteiger partial charge in [-0.05, 0) is 50.1 Å². The topological polar surface area (TPSA) is 82.5 Å². The number of hydrogen-bond acceptors (Lipinski definition) is 5. The van der Waals surface area contributed by atoms with Crippen LogP contribution in [0.1, 0.15) is 24.1 Å². The van der Waals surface area contributed by atoms with Gasteiger partial charge in [-0.25, -0.2) is 13.9 Å². The molecule has 1 atom stereocenters. The monoisotopic (exact) mass is 421 g/mol. The highest BCUT2D eigenvalue weighted by atomic mass is 35.5. The van der Waals surface area contributed by atoms with Crippen LogP contribution in [0, 0.1) is 12.7 Å². The molecule has 9 heteroatoms. The Hall–Kier alpha value is -2.71. The van der Waals surface area contributed by atoms with Crippen LogP contribution in [0.4, 0.5) is 4.39 Å². The van der Waals surface area contributed by atoms with Crippen molar-refractivity contribution in [3.8, 4) is 5.69 Å². The van der Waals surface area contributed by atoms with Gasteiger partial charge >= 0.3 is 5.97 Å². The Morgan fingerprint density at radius 2 is 2.17 bits per heavy atom. The molecule has 1 aliphatic heterocycles. The Kier molecular flexibility index (Phi) is 7.00. The Morgan fingerprint density at radius 3 is 2.86 bits per heavy atom. The molecule has 2 heterocycles. The van der Waals surface area contributed by atoms with Crippen molar-refractivity contribution in [3.63, 3.8) is 0 Å². The third-order valence-corrected chi connectivity index (χ3v) is 4.77. The quantitative estimate of drug-likeness (QED) is 0.549. The van der Waals surface area contributed by atoms with Gasteiger partial charge in [0.05, 0.1) is 17.5 Å². The van der Waals surface area contributed by atoms with Crippen LogP contribution in [-0.2, 0) is 19.1 Å². The molecule has 1 amide bonds. The van der Waals surface area contributed by atoms with E-state index in [1.54, 1.807) is 19.1 Å². The summed E-state index contributed by atoms with van der Waals surface area (Å²) in [5.74, 6) is -1.43. The number of amides is 1. The molecule has 29 heavy (non-hydrogen) atoms. The van der Waals surface area contributed by atoms with Crippen molar-refractivity contribution in [2.45, 2.75) is 25.9 Å². The van der Waals surface area contributed by atoms with E-state index in [2.05, 4.69) is 10.4 Å². The van der Waals surface area contributed by atoms with E-state index in [-0.39, 0.29) is 29.6 Å². The van der Waals surface area contributed by atoms with Crippen LogP contribution in [0.25, 0.3) is 11.8 Å². The number of esters is 1. The van der Waals surface area contributed by atoms with E-state index in [0.717, 1.165) is 12.8 Å². The molecule has 1 N–H and O–H groups in total. The number of benzene rings is 1. The van der Waals surface area contributed by atoms with E-state index < -0.39 is 5.97 Å². The van der Waals surface area contributed by atoms with E-state index in [0.29, 0.717) is 30.1 Å². The lowest BCUT2D eigenvalue weighted by molar-refractivity contribution is -0.143. The van der Waals surface area contributed by atoms with Crippen LogP contribution in [0.3, 0.4) is 0 Å². The van der Waals surface area contributed by atoms with Gasteiger partial charge in [-0.1, -0.05) is 11.6 Å². The number of aryl methyl sites for hydroxylation is 1. The summed E-state index contributed by atoms with van der Waals surface area (Å²) in [6.45, 7) is 2.47. The van der Waals surface area contributed by atoms with Crippen LogP contribution < -0.4 is 5.32 Å². The molecule has 154 valence electrons. The molecule has 7 nitrogen and oxygen atoms in total. The van der Waals surface area contributed by atoms with Crippen molar-refractivity contribution in [2.75, 3.05) is 19.8 Å².